The molecule has 1 aliphatic heterocycles. The molecule has 1 aliphatic rings. The normalized spacial score (nSPS) is 20.1. The second-order valence-corrected chi connectivity index (χ2v) is 5.84. The van der Waals surface area contributed by atoms with Gasteiger partial charge in [-0.1, -0.05) is 6.07 Å². The first-order valence-electron chi connectivity index (χ1n) is 7.67. The van der Waals surface area contributed by atoms with Gasteiger partial charge in [0.1, 0.15) is 5.82 Å². The molecule has 0 aromatic carbocycles. The molecular formula is C16H27N3O. The van der Waals surface area contributed by atoms with Crippen molar-refractivity contribution in [1.29, 1.82) is 0 Å². The van der Waals surface area contributed by atoms with Crippen LogP contribution in [0.3, 0.4) is 0 Å². The molecule has 2 atom stereocenters. The molecule has 4 heteroatoms. The number of aromatic nitrogens is 1. The van der Waals surface area contributed by atoms with Crippen LogP contribution >= 0.6 is 0 Å². The Kier molecular flexibility index (Phi) is 5.38. The Balaban J connectivity index is 2.08. The van der Waals surface area contributed by atoms with Crippen molar-refractivity contribution >= 4 is 5.82 Å². The highest BCUT2D eigenvalue weighted by atomic mass is 16.5. The van der Waals surface area contributed by atoms with Crippen LogP contribution in [0.15, 0.2) is 12.3 Å². The number of aryl methyl sites for hydroxylation is 1. The molecule has 0 aliphatic carbocycles. The van der Waals surface area contributed by atoms with Crippen LogP contribution in [0, 0.1) is 6.92 Å². The molecule has 1 aromatic rings. The van der Waals surface area contributed by atoms with Crippen LogP contribution < -0.4 is 10.6 Å². The minimum atomic E-state index is 0.177. The van der Waals surface area contributed by atoms with E-state index in [4.69, 9.17) is 10.5 Å². The molecule has 0 bridgehead atoms. The molecule has 112 valence electrons. The molecule has 20 heavy (non-hydrogen) atoms. The third-order valence-electron chi connectivity index (χ3n) is 3.79. The molecule has 2 heterocycles. The average Bonchev–Trinajstić information content (AvgIpc) is 2.89. The third kappa shape index (κ3) is 3.93. The number of hydrogen-bond acceptors (Lipinski definition) is 4. The average molecular weight is 277 g/mol. The highest BCUT2D eigenvalue weighted by molar-refractivity contribution is 5.47. The Morgan fingerprint density at radius 1 is 1.55 bits per heavy atom. The van der Waals surface area contributed by atoms with E-state index in [1.54, 1.807) is 0 Å². The molecule has 4 nitrogen and oxygen atoms in total. The second kappa shape index (κ2) is 7.04. The van der Waals surface area contributed by atoms with Gasteiger partial charge in [-0.15, -0.1) is 0 Å². The summed E-state index contributed by atoms with van der Waals surface area (Å²) in [6.07, 6.45) is 5.55. The maximum Gasteiger partial charge on any atom is 0.131 e. The fraction of sp³-hybridized carbons (Fsp3) is 0.688. The Bertz CT molecular complexity index is 428. The summed E-state index contributed by atoms with van der Waals surface area (Å²) < 4.78 is 5.74. The maximum atomic E-state index is 5.85. The van der Waals surface area contributed by atoms with Gasteiger partial charge < -0.3 is 15.4 Å². The molecule has 1 aromatic heterocycles. The van der Waals surface area contributed by atoms with E-state index in [9.17, 15) is 0 Å². The highest BCUT2D eigenvalue weighted by Gasteiger charge is 2.20. The van der Waals surface area contributed by atoms with Crippen LogP contribution in [0.5, 0.6) is 0 Å². The van der Waals surface area contributed by atoms with E-state index in [-0.39, 0.29) is 6.04 Å². The van der Waals surface area contributed by atoms with E-state index >= 15 is 0 Å². The SMILES string of the molecule is CCN(CC1CCCO1)c1ncc(CC(C)N)cc1C. The first-order chi connectivity index (χ1) is 9.60. The van der Waals surface area contributed by atoms with Gasteiger partial charge >= 0.3 is 0 Å². The number of nitrogens with zero attached hydrogens (tertiary/aromatic N) is 2. The molecule has 2 unspecified atom stereocenters. The van der Waals surface area contributed by atoms with E-state index < -0.39 is 0 Å². The van der Waals surface area contributed by atoms with E-state index in [0.29, 0.717) is 6.10 Å². The maximum absolute atomic E-state index is 5.85. The van der Waals surface area contributed by atoms with Crippen LogP contribution in [0.2, 0.25) is 0 Å². The number of ether oxygens (including phenoxy) is 1. The van der Waals surface area contributed by atoms with Crippen molar-refractivity contribution in [3.05, 3.63) is 23.4 Å². The summed E-state index contributed by atoms with van der Waals surface area (Å²) in [7, 11) is 0. The zero-order valence-corrected chi connectivity index (χ0v) is 12.9. The van der Waals surface area contributed by atoms with Gasteiger partial charge in [0.15, 0.2) is 0 Å². The summed E-state index contributed by atoms with van der Waals surface area (Å²) >= 11 is 0. The molecule has 2 N–H and O–H groups in total. The predicted octanol–water partition coefficient (Wildman–Crippen LogP) is 2.29. The molecule has 0 radical (unpaired) electrons. The lowest BCUT2D eigenvalue weighted by Gasteiger charge is -2.26. The monoisotopic (exact) mass is 277 g/mol. The highest BCUT2D eigenvalue weighted by Crippen LogP contribution is 2.21. The minimum Gasteiger partial charge on any atom is -0.376 e. The van der Waals surface area contributed by atoms with E-state index in [2.05, 4.69) is 29.8 Å². The van der Waals surface area contributed by atoms with Crippen molar-refractivity contribution in [2.75, 3.05) is 24.6 Å². The van der Waals surface area contributed by atoms with E-state index in [0.717, 1.165) is 38.4 Å². The Labute approximate surface area is 122 Å². The van der Waals surface area contributed by atoms with Crippen molar-refractivity contribution in [3.8, 4) is 0 Å². The van der Waals surface area contributed by atoms with Crippen LogP contribution in [0.1, 0.15) is 37.8 Å². The molecule has 0 spiro atoms. The van der Waals surface area contributed by atoms with Gasteiger partial charge in [-0.2, -0.15) is 0 Å². The Morgan fingerprint density at radius 2 is 2.35 bits per heavy atom. The minimum absolute atomic E-state index is 0.177. The van der Waals surface area contributed by atoms with E-state index in [1.165, 1.54) is 17.5 Å². The molecule has 1 saturated heterocycles. The summed E-state index contributed by atoms with van der Waals surface area (Å²) in [4.78, 5) is 6.98. The molecule has 2 rings (SSSR count). The largest absolute Gasteiger partial charge is 0.376 e. The first kappa shape index (κ1) is 15.3. The second-order valence-electron chi connectivity index (χ2n) is 5.84. The van der Waals surface area contributed by atoms with Gasteiger partial charge in [0.05, 0.1) is 6.10 Å². The lowest BCUT2D eigenvalue weighted by atomic mass is 10.1. The van der Waals surface area contributed by atoms with Crippen molar-refractivity contribution in [2.24, 2.45) is 5.73 Å². The smallest absolute Gasteiger partial charge is 0.131 e. The zero-order valence-electron chi connectivity index (χ0n) is 12.9. The summed E-state index contributed by atoms with van der Waals surface area (Å²) in [5, 5.41) is 0. The topological polar surface area (TPSA) is 51.4 Å². The summed E-state index contributed by atoms with van der Waals surface area (Å²) in [5.41, 5.74) is 8.29. The van der Waals surface area contributed by atoms with Crippen LogP contribution in [0.25, 0.3) is 0 Å². The quantitative estimate of drug-likeness (QED) is 0.867. The number of hydrogen-bond donors (Lipinski definition) is 1. The number of likely N-dealkylation sites (N-methyl/N-ethyl adjacent to an activating group) is 1. The lowest BCUT2D eigenvalue weighted by molar-refractivity contribution is 0.115. The molecule has 0 amide bonds. The van der Waals surface area contributed by atoms with Crippen molar-refractivity contribution < 1.29 is 4.74 Å². The summed E-state index contributed by atoms with van der Waals surface area (Å²) in [5.74, 6) is 1.08. The van der Waals surface area contributed by atoms with Crippen molar-refractivity contribution in [2.45, 2.75) is 52.2 Å². The number of anilines is 1. The third-order valence-corrected chi connectivity index (χ3v) is 3.79. The first-order valence-corrected chi connectivity index (χ1v) is 7.67. The van der Waals surface area contributed by atoms with Gasteiger partial charge in [0.25, 0.3) is 0 Å². The zero-order chi connectivity index (χ0) is 14.5. The summed E-state index contributed by atoms with van der Waals surface area (Å²) in [6, 6.07) is 2.39. The van der Waals surface area contributed by atoms with Crippen LogP contribution in [-0.2, 0) is 11.2 Å². The lowest BCUT2D eigenvalue weighted by Crippen LogP contribution is -2.33. The van der Waals surface area contributed by atoms with Crippen LogP contribution in [-0.4, -0.2) is 36.8 Å². The molecule has 1 fully saturated rings. The van der Waals surface area contributed by atoms with Gasteiger partial charge in [0, 0.05) is 31.9 Å². The fourth-order valence-electron chi connectivity index (χ4n) is 2.84. The Hall–Kier alpha value is -1.13. The standard InChI is InChI=1S/C16H27N3O/c1-4-19(11-15-6-5-7-20-15)16-12(2)8-14(10-18-16)9-13(3)17/h8,10,13,15H,4-7,9,11,17H2,1-3H3. The molecule has 0 saturated carbocycles. The number of nitrogens with two attached hydrogens (primary N) is 1. The van der Waals surface area contributed by atoms with Gasteiger partial charge in [-0.05, 0) is 51.2 Å². The van der Waals surface area contributed by atoms with Gasteiger partial charge in [0.2, 0.25) is 0 Å². The van der Waals surface area contributed by atoms with Crippen molar-refractivity contribution in [1.82, 2.24) is 4.98 Å². The van der Waals surface area contributed by atoms with Crippen molar-refractivity contribution in [3.63, 3.8) is 0 Å². The predicted molar refractivity (Wildman–Crippen MR) is 83.2 cm³/mol. The van der Waals surface area contributed by atoms with Gasteiger partial charge in [-0.25, -0.2) is 4.98 Å². The number of rotatable bonds is 6. The Morgan fingerprint density at radius 3 is 2.90 bits per heavy atom. The number of pyridine rings is 1. The summed E-state index contributed by atoms with van der Waals surface area (Å²) in [6.45, 7) is 9.13. The van der Waals surface area contributed by atoms with E-state index in [1.807, 2.05) is 13.1 Å². The van der Waals surface area contributed by atoms with Crippen LogP contribution in [0.4, 0.5) is 5.82 Å². The molecular weight excluding hydrogens is 250 g/mol. The van der Waals surface area contributed by atoms with Gasteiger partial charge in [-0.3, -0.25) is 0 Å². The fourth-order valence-corrected chi connectivity index (χ4v) is 2.84.